The molecule has 1 aliphatic heterocycles. The number of rotatable bonds is 3. The number of carbonyl (C=O) groups excluding carboxylic acids is 2. The molecule has 1 saturated heterocycles. The van der Waals surface area contributed by atoms with Gasteiger partial charge in [-0.1, -0.05) is 30.0 Å². The molecule has 2 heterocycles. The third-order valence-electron chi connectivity index (χ3n) is 3.66. The zero-order valence-electron chi connectivity index (χ0n) is 13.1. The Morgan fingerprint density at radius 1 is 1.25 bits per heavy atom. The van der Waals surface area contributed by atoms with Crippen LogP contribution in [0, 0.1) is 6.92 Å². The van der Waals surface area contributed by atoms with Crippen molar-refractivity contribution in [3.05, 3.63) is 64.3 Å². The number of thiocarbonyl (C=S) groups is 1. The zero-order valence-corrected chi connectivity index (χ0v) is 14.8. The summed E-state index contributed by atoms with van der Waals surface area (Å²) in [6.07, 6.45) is 3.66. The van der Waals surface area contributed by atoms with Gasteiger partial charge in [-0.25, -0.2) is 0 Å². The molecular weight excluding hydrogens is 342 g/mol. The summed E-state index contributed by atoms with van der Waals surface area (Å²) in [5.41, 5.74) is 4.83. The maximum absolute atomic E-state index is 12.5. The van der Waals surface area contributed by atoms with Crippen molar-refractivity contribution in [3.8, 4) is 0 Å². The number of carbonyl (C=O) groups is 2. The number of aromatic nitrogens is 1. The van der Waals surface area contributed by atoms with Gasteiger partial charge >= 0.3 is 0 Å². The third kappa shape index (κ3) is 3.13. The van der Waals surface area contributed by atoms with Crippen LogP contribution in [-0.2, 0) is 11.8 Å². The van der Waals surface area contributed by atoms with E-state index in [-0.39, 0.29) is 11.8 Å². The second-order valence-electron chi connectivity index (χ2n) is 5.32. The molecule has 24 heavy (non-hydrogen) atoms. The molecule has 0 unspecified atom stereocenters. The van der Waals surface area contributed by atoms with E-state index in [1.165, 1.54) is 11.8 Å². The summed E-state index contributed by atoms with van der Waals surface area (Å²) in [7, 11) is 1.90. The number of hydrogen-bond donors (Lipinski definition) is 1. The van der Waals surface area contributed by atoms with Crippen LogP contribution in [0.2, 0.25) is 0 Å². The monoisotopic (exact) mass is 357 g/mol. The molecule has 5 nitrogen and oxygen atoms in total. The molecule has 3 rings (SSSR count). The Morgan fingerprint density at radius 2 is 2.00 bits per heavy atom. The van der Waals surface area contributed by atoms with Crippen molar-refractivity contribution < 1.29 is 9.59 Å². The van der Waals surface area contributed by atoms with Crippen LogP contribution in [0.25, 0.3) is 6.08 Å². The minimum Gasteiger partial charge on any atom is -0.351 e. The van der Waals surface area contributed by atoms with E-state index in [1.54, 1.807) is 18.2 Å². The van der Waals surface area contributed by atoms with Crippen LogP contribution in [0.15, 0.2) is 47.5 Å². The molecule has 1 fully saturated rings. The third-order valence-corrected chi connectivity index (χ3v) is 4.96. The van der Waals surface area contributed by atoms with Gasteiger partial charge in [-0.05, 0) is 49.0 Å². The summed E-state index contributed by atoms with van der Waals surface area (Å²) in [6.45, 7) is 1.84. The summed E-state index contributed by atoms with van der Waals surface area (Å²) >= 11 is 6.40. The Bertz CT molecular complexity index is 870. The summed E-state index contributed by atoms with van der Waals surface area (Å²) in [5, 5.41) is 1.13. The fourth-order valence-electron chi connectivity index (χ4n) is 2.31. The SMILES string of the molecule is Cc1ccccc1C(=O)NN1C(=O)/C(=C/c2cccn2C)SC1=S. The lowest BCUT2D eigenvalue weighted by Crippen LogP contribution is -2.45. The first-order valence-electron chi connectivity index (χ1n) is 7.23. The number of hydrazine groups is 1. The molecule has 7 heteroatoms. The normalized spacial score (nSPS) is 16.1. The van der Waals surface area contributed by atoms with E-state index in [9.17, 15) is 9.59 Å². The van der Waals surface area contributed by atoms with Crippen LogP contribution < -0.4 is 5.43 Å². The van der Waals surface area contributed by atoms with Gasteiger partial charge in [0.15, 0.2) is 4.32 Å². The van der Waals surface area contributed by atoms with E-state index in [2.05, 4.69) is 5.43 Å². The number of nitrogens with zero attached hydrogens (tertiary/aromatic N) is 2. The van der Waals surface area contributed by atoms with E-state index >= 15 is 0 Å². The molecule has 1 N–H and O–H groups in total. The number of amides is 2. The molecular formula is C17H15N3O2S2. The summed E-state index contributed by atoms with van der Waals surface area (Å²) in [4.78, 5) is 25.4. The van der Waals surface area contributed by atoms with Crippen LogP contribution in [0.3, 0.4) is 0 Å². The highest BCUT2D eigenvalue weighted by Crippen LogP contribution is 2.31. The zero-order chi connectivity index (χ0) is 17.3. The van der Waals surface area contributed by atoms with Gasteiger partial charge in [0, 0.05) is 24.5 Å². The van der Waals surface area contributed by atoms with Crippen molar-refractivity contribution in [2.75, 3.05) is 0 Å². The number of benzene rings is 1. The average Bonchev–Trinajstić information content (AvgIpc) is 3.06. The molecule has 2 amide bonds. The van der Waals surface area contributed by atoms with Gasteiger partial charge in [-0.3, -0.25) is 15.0 Å². The Hall–Kier alpha value is -2.38. The summed E-state index contributed by atoms with van der Waals surface area (Å²) in [6, 6.07) is 11.0. The van der Waals surface area contributed by atoms with E-state index in [1.807, 2.05) is 49.0 Å². The molecule has 0 saturated carbocycles. The highest BCUT2D eigenvalue weighted by Gasteiger charge is 2.34. The van der Waals surface area contributed by atoms with Crippen molar-refractivity contribution in [2.45, 2.75) is 6.92 Å². The van der Waals surface area contributed by atoms with Crippen molar-refractivity contribution in [3.63, 3.8) is 0 Å². The van der Waals surface area contributed by atoms with Crippen molar-refractivity contribution in [2.24, 2.45) is 7.05 Å². The Balaban J connectivity index is 1.80. The van der Waals surface area contributed by atoms with Crippen LogP contribution in [-0.4, -0.2) is 25.7 Å². The van der Waals surface area contributed by atoms with E-state index in [0.29, 0.717) is 14.8 Å². The van der Waals surface area contributed by atoms with Gasteiger partial charge < -0.3 is 4.57 Å². The summed E-state index contributed by atoms with van der Waals surface area (Å²) in [5.74, 6) is -0.683. The molecule has 2 aromatic rings. The average molecular weight is 357 g/mol. The Kier molecular flexibility index (Phi) is 4.55. The lowest BCUT2D eigenvalue weighted by Gasteiger charge is -2.16. The molecule has 0 spiro atoms. The lowest BCUT2D eigenvalue weighted by atomic mass is 10.1. The van der Waals surface area contributed by atoms with E-state index in [0.717, 1.165) is 16.3 Å². The van der Waals surface area contributed by atoms with Crippen LogP contribution in [0.5, 0.6) is 0 Å². The first-order chi connectivity index (χ1) is 11.5. The van der Waals surface area contributed by atoms with Gasteiger partial charge in [0.1, 0.15) is 0 Å². The molecule has 122 valence electrons. The standard InChI is InChI=1S/C17H15N3O2S2/c1-11-6-3-4-8-13(11)15(21)18-20-16(22)14(24-17(20)23)10-12-7-5-9-19(12)2/h3-10H,1-2H3,(H,18,21)/b14-10-. The molecule has 1 aromatic heterocycles. The van der Waals surface area contributed by atoms with Crippen LogP contribution >= 0.6 is 24.0 Å². The maximum atomic E-state index is 12.5. The van der Waals surface area contributed by atoms with Gasteiger partial charge in [0.2, 0.25) is 0 Å². The fraction of sp³-hybridized carbons (Fsp3) is 0.118. The predicted molar refractivity (Wildman–Crippen MR) is 99.1 cm³/mol. The van der Waals surface area contributed by atoms with Crippen LogP contribution in [0.4, 0.5) is 0 Å². The second-order valence-corrected chi connectivity index (χ2v) is 6.99. The fourth-order valence-corrected chi connectivity index (χ4v) is 3.48. The Labute approximate surface area is 149 Å². The van der Waals surface area contributed by atoms with Gasteiger partial charge in [-0.2, -0.15) is 5.01 Å². The molecule has 1 aromatic carbocycles. The quantitative estimate of drug-likeness (QED) is 0.678. The van der Waals surface area contributed by atoms with E-state index in [4.69, 9.17) is 12.2 Å². The lowest BCUT2D eigenvalue weighted by molar-refractivity contribution is -0.123. The second kappa shape index (κ2) is 6.62. The predicted octanol–water partition coefficient (Wildman–Crippen LogP) is 2.88. The number of hydrogen-bond acceptors (Lipinski definition) is 4. The molecule has 1 aliphatic rings. The van der Waals surface area contributed by atoms with Gasteiger partial charge in [0.05, 0.1) is 4.91 Å². The summed E-state index contributed by atoms with van der Waals surface area (Å²) < 4.78 is 2.21. The topological polar surface area (TPSA) is 54.3 Å². The van der Waals surface area contributed by atoms with Gasteiger partial charge in [-0.15, -0.1) is 0 Å². The first kappa shape index (κ1) is 16.5. The number of aryl methyl sites for hydroxylation is 2. The van der Waals surface area contributed by atoms with Crippen molar-refractivity contribution in [1.29, 1.82) is 0 Å². The largest absolute Gasteiger partial charge is 0.351 e. The highest BCUT2D eigenvalue weighted by atomic mass is 32.2. The maximum Gasteiger partial charge on any atom is 0.285 e. The first-order valence-corrected chi connectivity index (χ1v) is 8.46. The minimum absolute atomic E-state index is 0.308. The van der Waals surface area contributed by atoms with Gasteiger partial charge in [0.25, 0.3) is 11.8 Å². The van der Waals surface area contributed by atoms with Crippen molar-refractivity contribution >= 4 is 46.2 Å². The number of thioether (sulfide) groups is 1. The van der Waals surface area contributed by atoms with E-state index < -0.39 is 0 Å². The minimum atomic E-state index is -0.357. The van der Waals surface area contributed by atoms with Crippen LogP contribution in [0.1, 0.15) is 21.6 Å². The Morgan fingerprint density at radius 3 is 2.67 bits per heavy atom. The molecule has 0 bridgehead atoms. The molecule has 0 aliphatic carbocycles. The van der Waals surface area contributed by atoms with Crippen molar-refractivity contribution in [1.82, 2.24) is 15.0 Å². The molecule has 0 atom stereocenters. The molecule has 0 radical (unpaired) electrons. The highest BCUT2D eigenvalue weighted by molar-refractivity contribution is 8.26. The number of nitrogens with one attached hydrogen (secondary N) is 1. The smallest absolute Gasteiger partial charge is 0.285 e.